The summed E-state index contributed by atoms with van der Waals surface area (Å²) in [5.41, 5.74) is 1.84. The lowest BCUT2D eigenvalue weighted by molar-refractivity contribution is 0.0690. The second-order valence-electron chi connectivity index (χ2n) is 4.53. The molecule has 3 aromatic rings. The Morgan fingerprint density at radius 3 is 2.81 bits per heavy atom. The van der Waals surface area contributed by atoms with E-state index in [1.165, 1.54) is 18.5 Å². The number of carboxylic acids is 1. The Morgan fingerprint density at radius 2 is 2.00 bits per heavy atom. The van der Waals surface area contributed by atoms with Crippen molar-refractivity contribution in [2.45, 2.75) is 6.54 Å². The highest BCUT2D eigenvalue weighted by Gasteiger charge is 2.08. The van der Waals surface area contributed by atoms with Crippen molar-refractivity contribution in [3.8, 4) is 0 Å². The van der Waals surface area contributed by atoms with E-state index < -0.39 is 5.97 Å². The minimum atomic E-state index is -1.09. The van der Waals surface area contributed by atoms with Crippen LogP contribution in [0.4, 0.5) is 0 Å². The van der Waals surface area contributed by atoms with E-state index in [2.05, 4.69) is 9.97 Å². The molecule has 3 rings (SSSR count). The Kier molecular flexibility index (Phi) is 3.19. The van der Waals surface area contributed by atoms with E-state index in [0.29, 0.717) is 16.6 Å². The van der Waals surface area contributed by atoms with E-state index in [1.54, 1.807) is 10.6 Å². The van der Waals surface area contributed by atoms with E-state index in [1.807, 2.05) is 24.3 Å². The second kappa shape index (κ2) is 5.16. The van der Waals surface area contributed by atoms with Crippen LogP contribution in [0.3, 0.4) is 0 Å². The first kappa shape index (κ1) is 13.0. The molecule has 1 N–H and O–H groups in total. The monoisotopic (exact) mass is 281 g/mol. The lowest BCUT2D eigenvalue weighted by Crippen LogP contribution is -2.21. The van der Waals surface area contributed by atoms with Crippen molar-refractivity contribution in [2.75, 3.05) is 0 Å². The number of nitrogens with zero attached hydrogens (tertiary/aromatic N) is 3. The van der Waals surface area contributed by atoms with Crippen LogP contribution in [0, 0.1) is 0 Å². The molecule has 0 bridgehead atoms. The SMILES string of the molecule is O=C(O)c1cc(Cn2c(=O)cnc3ccccc32)ccn1. The molecule has 1 aromatic carbocycles. The summed E-state index contributed by atoms with van der Waals surface area (Å²) in [4.78, 5) is 30.8. The van der Waals surface area contributed by atoms with Gasteiger partial charge in [-0.3, -0.25) is 4.79 Å². The van der Waals surface area contributed by atoms with Gasteiger partial charge in [0.05, 0.1) is 23.8 Å². The largest absolute Gasteiger partial charge is 0.477 e. The molecule has 6 heteroatoms. The summed E-state index contributed by atoms with van der Waals surface area (Å²) in [5.74, 6) is -1.09. The predicted octanol–water partition coefficient (Wildman–Crippen LogP) is 1.54. The zero-order chi connectivity index (χ0) is 14.8. The fraction of sp³-hybridized carbons (Fsp3) is 0.0667. The number of carboxylic acid groups (broad SMARTS) is 1. The smallest absolute Gasteiger partial charge is 0.354 e. The molecular formula is C15H11N3O3. The van der Waals surface area contributed by atoms with E-state index >= 15 is 0 Å². The molecule has 0 radical (unpaired) electrons. The van der Waals surface area contributed by atoms with Crippen molar-refractivity contribution < 1.29 is 9.90 Å². The Morgan fingerprint density at radius 1 is 1.19 bits per heavy atom. The van der Waals surface area contributed by atoms with Crippen LogP contribution in [0.15, 0.2) is 53.6 Å². The summed E-state index contributed by atoms with van der Waals surface area (Å²) in [6.45, 7) is 0.269. The number of rotatable bonds is 3. The number of aromatic nitrogens is 3. The van der Waals surface area contributed by atoms with E-state index in [-0.39, 0.29) is 17.8 Å². The Hall–Kier alpha value is -3.02. The third-order valence-electron chi connectivity index (χ3n) is 3.14. The van der Waals surface area contributed by atoms with Gasteiger partial charge in [0, 0.05) is 6.20 Å². The first-order chi connectivity index (χ1) is 10.1. The van der Waals surface area contributed by atoms with Crippen LogP contribution in [0.1, 0.15) is 16.1 Å². The number of aromatic carboxylic acids is 1. The highest BCUT2D eigenvalue weighted by atomic mass is 16.4. The molecule has 104 valence electrons. The fourth-order valence-electron chi connectivity index (χ4n) is 2.15. The highest BCUT2D eigenvalue weighted by molar-refractivity contribution is 5.85. The van der Waals surface area contributed by atoms with Gasteiger partial charge >= 0.3 is 5.97 Å². The summed E-state index contributed by atoms with van der Waals surface area (Å²) < 4.78 is 1.56. The molecule has 0 saturated carbocycles. The minimum Gasteiger partial charge on any atom is -0.477 e. The normalized spacial score (nSPS) is 10.7. The molecule has 0 aliphatic heterocycles. The summed E-state index contributed by atoms with van der Waals surface area (Å²) in [5, 5.41) is 8.96. The van der Waals surface area contributed by atoms with Crippen LogP contribution in [0.5, 0.6) is 0 Å². The lowest BCUT2D eigenvalue weighted by atomic mass is 10.2. The lowest BCUT2D eigenvalue weighted by Gasteiger charge is -2.09. The van der Waals surface area contributed by atoms with Gasteiger partial charge in [-0.05, 0) is 29.8 Å². The average Bonchev–Trinajstić information content (AvgIpc) is 2.50. The first-order valence-corrected chi connectivity index (χ1v) is 6.28. The molecule has 0 amide bonds. The Labute approximate surface area is 119 Å². The number of hydrogen-bond donors (Lipinski definition) is 1. The minimum absolute atomic E-state index is 0.0427. The van der Waals surface area contributed by atoms with Gasteiger partial charge in [-0.15, -0.1) is 0 Å². The van der Waals surface area contributed by atoms with Crippen molar-refractivity contribution in [1.29, 1.82) is 0 Å². The van der Waals surface area contributed by atoms with Gasteiger partial charge in [-0.2, -0.15) is 0 Å². The maximum Gasteiger partial charge on any atom is 0.354 e. The second-order valence-corrected chi connectivity index (χ2v) is 4.53. The molecule has 0 fully saturated rings. The molecule has 2 heterocycles. The van der Waals surface area contributed by atoms with Crippen molar-refractivity contribution in [2.24, 2.45) is 0 Å². The van der Waals surface area contributed by atoms with E-state index in [9.17, 15) is 9.59 Å². The molecule has 0 atom stereocenters. The third-order valence-corrected chi connectivity index (χ3v) is 3.14. The average molecular weight is 281 g/mol. The Balaban J connectivity index is 2.10. The predicted molar refractivity (Wildman–Crippen MR) is 76.3 cm³/mol. The van der Waals surface area contributed by atoms with E-state index in [0.717, 1.165) is 0 Å². The molecule has 2 aromatic heterocycles. The van der Waals surface area contributed by atoms with Crippen LogP contribution >= 0.6 is 0 Å². The van der Waals surface area contributed by atoms with Gasteiger partial charge in [-0.25, -0.2) is 14.8 Å². The number of para-hydroxylation sites is 2. The molecule has 0 unspecified atom stereocenters. The number of pyridine rings is 1. The van der Waals surface area contributed by atoms with Gasteiger partial charge < -0.3 is 9.67 Å². The summed E-state index contributed by atoms with van der Waals surface area (Å²) >= 11 is 0. The van der Waals surface area contributed by atoms with Gasteiger partial charge in [0.25, 0.3) is 5.56 Å². The quantitative estimate of drug-likeness (QED) is 0.787. The zero-order valence-corrected chi connectivity index (χ0v) is 10.9. The summed E-state index contributed by atoms with van der Waals surface area (Å²) in [6, 6.07) is 10.5. The van der Waals surface area contributed by atoms with Crippen molar-refractivity contribution >= 4 is 17.0 Å². The third kappa shape index (κ3) is 2.51. The number of fused-ring (bicyclic) bond motifs is 1. The topological polar surface area (TPSA) is 85.1 Å². The molecule has 0 spiro atoms. The maximum atomic E-state index is 12.0. The van der Waals surface area contributed by atoms with Gasteiger partial charge in [0.15, 0.2) is 0 Å². The molecule has 21 heavy (non-hydrogen) atoms. The zero-order valence-electron chi connectivity index (χ0n) is 10.9. The standard InChI is InChI=1S/C15H11N3O3/c19-14-8-17-11-3-1-2-4-13(11)18(14)9-10-5-6-16-12(7-10)15(20)21/h1-8H,9H2,(H,20,21). The first-order valence-electron chi connectivity index (χ1n) is 6.28. The van der Waals surface area contributed by atoms with Crippen LogP contribution in [0.25, 0.3) is 11.0 Å². The van der Waals surface area contributed by atoms with Crippen molar-refractivity contribution in [3.05, 3.63) is 70.4 Å². The fourth-order valence-corrected chi connectivity index (χ4v) is 2.15. The maximum absolute atomic E-state index is 12.0. The van der Waals surface area contributed by atoms with E-state index in [4.69, 9.17) is 5.11 Å². The van der Waals surface area contributed by atoms with Crippen LogP contribution in [-0.2, 0) is 6.54 Å². The van der Waals surface area contributed by atoms with Crippen LogP contribution in [0.2, 0.25) is 0 Å². The number of carbonyl (C=O) groups is 1. The number of hydrogen-bond acceptors (Lipinski definition) is 4. The molecule has 0 aliphatic rings. The van der Waals surface area contributed by atoms with Gasteiger partial charge in [0.2, 0.25) is 0 Å². The molecule has 6 nitrogen and oxygen atoms in total. The summed E-state index contributed by atoms with van der Waals surface area (Å²) in [6.07, 6.45) is 2.69. The van der Waals surface area contributed by atoms with Crippen LogP contribution < -0.4 is 5.56 Å². The van der Waals surface area contributed by atoms with Crippen LogP contribution in [-0.4, -0.2) is 25.6 Å². The van der Waals surface area contributed by atoms with Crippen molar-refractivity contribution in [3.63, 3.8) is 0 Å². The Bertz CT molecular complexity index is 886. The summed E-state index contributed by atoms with van der Waals surface area (Å²) in [7, 11) is 0. The van der Waals surface area contributed by atoms with Crippen molar-refractivity contribution in [1.82, 2.24) is 14.5 Å². The molecular weight excluding hydrogens is 270 g/mol. The highest BCUT2D eigenvalue weighted by Crippen LogP contribution is 2.11. The molecule has 0 saturated heterocycles. The van der Waals surface area contributed by atoms with Gasteiger partial charge in [-0.1, -0.05) is 12.1 Å². The van der Waals surface area contributed by atoms with Gasteiger partial charge in [0.1, 0.15) is 5.69 Å². The number of benzene rings is 1. The molecule has 0 aliphatic carbocycles.